The molecular formula is C21H29FIN3O3. The maximum Gasteiger partial charge on any atom is 0.191 e. The van der Waals surface area contributed by atoms with Gasteiger partial charge in [-0.15, -0.1) is 24.0 Å². The van der Waals surface area contributed by atoms with Crippen LogP contribution in [-0.4, -0.2) is 38.4 Å². The number of methoxy groups -OCH3 is 2. The zero-order valence-corrected chi connectivity index (χ0v) is 19.5. The number of aliphatic hydroxyl groups is 1. The zero-order chi connectivity index (χ0) is 20.5. The van der Waals surface area contributed by atoms with Gasteiger partial charge in [0, 0.05) is 18.7 Å². The quantitative estimate of drug-likeness (QED) is 0.284. The first-order chi connectivity index (χ1) is 13.5. The number of aliphatic imine (C=N–C) groups is 1. The SMILES string of the molecule is CCNC(=NCc1ccc(F)c(C)c1)NCC(O)c1cc(OC)ccc1OC.I. The first kappa shape index (κ1) is 25.0. The van der Waals surface area contributed by atoms with Crippen molar-refractivity contribution in [3.05, 3.63) is 58.9 Å². The van der Waals surface area contributed by atoms with E-state index < -0.39 is 6.10 Å². The highest BCUT2D eigenvalue weighted by Gasteiger charge is 2.15. The van der Waals surface area contributed by atoms with Crippen LogP contribution in [0.1, 0.15) is 29.7 Å². The lowest BCUT2D eigenvalue weighted by Gasteiger charge is -2.18. The van der Waals surface area contributed by atoms with E-state index in [0.29, 0.717) is 41.7 Å². The molecule has 2 rings (SSSR count). The highest BCUT2D eigenvalue weighted by atomic mass is 127. The molecule has 3 N–H and O–H groups in total. The van der Waals surface area contributed by atoms with Gasteiger partial charge in [0.05, 0.1) is 26.9 Å². The zero-order valence-electron chi connectivity index (χ0n) is 17.2. The van der Waals surface area contributed by atoms with E-state index >= 15 is 0 Å². The van der Waals surface area contributed by atoms with Crippen LogP contribution in [0.3, 0.4) is 0 Å². The van der Waals surface area contributed by atoms with E-state index in [1.54, 1.807) is 51.5 Å². The van der Waals surface area contributed by atoms with Gasteiger partial charge in [-0.3, -0.25) is 0 Å². The third-order valence-electron chi connectivity index (χ3n) is 4.25. The van der Waals surface area contributed by atoms with Crippen LogP contribution in [0.15, 0.2) is 41.4 Å². The number of nitrogens with one attached hydrogen (secondary N) is 2. The number of halogens is 2. The molecule has 2 aromatic carbocycles. The van der Waals surface area contributed by atoms with Crippen LogP contribution in [0, 0.1) is 12.7 Å². The van der Waals surface area contributed by atoms with Crippen molar-refractivity contribution in [1.29, 1.82) is 0 Å². The van der Waals surface area contributed by atoms with Crippen molar-refractivity contribution >= 4 is 29.9 Å². The summed E-state index contributed by atoms with van der Waals surface area (Å²) < 4.78 is 23.9. The molecule has 160 valence electrons. The Hall–Kier alpha value is -2.07. The summed E-state index contributed by atoms with van der Waals surface area (Å²) in [7, 11) is 3.13. The van der Waals surface area contributed by atoms with Gasteiger partial charge in [-0.1, -0.05) is 12.1 Å². The number of aliphatic hydroxyl groups excluding tert-OH is 1. The Balaban J connectivity index is 0.00000420. The molecule has 0 spiro atoms. The summed E-state index contributed by atoms with van der Waals surface area (Å²) in [5.74, 6) is 1.56. The van der Waals surface area contributed by atoms with E-state index in [0.717, 1.165) is 5.56 Å². The van der Waals surface area contributed by atoms with Crippen molar-refractivity contribution in [2.24, 2.45) is 4.99 Å². The normalized spacial score (nSPS) is 12.0. The Kier molecular flexibility index (Phi) is 10.7. The predicted molar refractivity (Wildman–Crippen MR) is 124 cm³/mol. The second-order valence-electron chi connectivity index (χ2n) is 6.28. The Bertz CT molecular complexity index is 818. The fraction of sp³-hybridized carbons (Fsp3) is 0.381. The van der Waals surface area contributed by atoms with E-state index in [1.807, 2.05) is 6.92 Å². The molecule has 8 heteroatoms. The molecular weight excluding hydrogens is 488 g/mol. The molecule has 0 fully saturated rings. The average Bonchev–Trinajstić information content (AvgIpc) is 2.71. The summed E-state index contributed by atoms with van der Waals surface area (Å²) in [6.45, 7) is 4.99. The second-order valence-corrected chi connectivity index (χ2v) is 6.28. The molecule has 1 atom stereocenters. The van der Waals surface area contributed by atoms with Gasteiger partial charge < -0.3 is 25.2 Å². The first-order valence-corrected chi connectivity index (χ1v) is 9.15. The van der Waals surface area contributed by atoms with Gasteiger partial charge in [-0.05, 0) is 49.2 Å². The summed E-state index contributed by atoms with van der Waals surface area (Å²) in [4.78, 5) is 4.50. The van der Waals surface area contributed by atoms with Crippen LogP contribution in [0.25, 0.3) is 0 Å². The second kappa shape index (κ2) is 12.5. The Morgan fingerprint density at radius 2 is 1.90 bits per heavy atom. The number of nitrogens with zero attached hydrogens (tertiary/aromatic N) is 1. The van der Waals surface area contributed by atoms with Crippen molar-refractivity contribution < 1.29 is 19.0 Å². The Labute approximate surface area is 188 Å². The number of ether oxygens (including phenoxy) is 2. The molecule has 1 unspecified atom stereocenters. The van der Waals surface area contributed by atoms with Crippen LogP contribution in [0.5, 0.6) is 11.5 Å². The third-order valence-corrected chi connectivity index (χ3v) is 4.25. The van der Waals surface area contributed by atoms with Gasteiger partial charge >= 0.3 is 0 Å². The minimum atomic E-state index is -0.818. The van der Waals surface area contributed by atoms with Crippen LogP contribution < -0.4 is 20.1 Å². The highest BCUT2D eigenvalue weighted by molar-refractivity contribution is 14.0. The van der Waals surface area contributed by atoms with E-state index in [-0.39, 0.29) is 36.3 Å². The van der Waals surface area contributed by atoms with E-state index in [2.05, 4.69) is 15.6 Å². The van der Waals surface area contributed by atoms with Crippen LogP contribution >= 0.6 is 24.0 Å². The topological polar surface area (TPSA) is 75.1 Å². The summed E-state index contributed by atoms with van der Waals surface area (Å²) >= 11 is 0. The van der Waals surface area contributed by atoms with Crippen molar-refractivity contribution in [2.45, 2.75) is 26.5 Å². The number of rotatable bonds is 8. The number of hydrogen-bond acceptors (Lipinski definition) is 4. The molecule has 0 aromatic heterocycles. The standard InChI is InChI=1S/C21H28FN3O3.HI/c1-5-23-21(24-12-15-6-8-18(22)14(2)10-15)25-13-19(26)17-11-16(27-3)7-9-20(17)28-4;/h6-11,19,26H,5,12-13H2,1-4H3,(H2,23,24,25);1H. The summed E-state index contributed by atoms with van der Waals surface area (Å²) in [6, 6.07) is 10.2. The lowest BCUT2D eigenvalue weighted by molar-refractivity contribution is 0.176. The molecule has 0 aliphatic heterocycles. The number of aryl methyl sites for hydroxylation is 1. The first-order valence-electron chi connectivity index (χ1n) is 9.15. The Morgan fingerprint density at radius 3 is 2.52 bits per heavy atom. The fourth-order valence-electron chi connectivity index (χ4n) is 2.72. The fourth-order valence-corrected chi connectivity index (χ4v) is 2.72. The molecule has 0 saturated heterocycles. The number of benzene rings is 2. The monoisotopic (exact) mass is 517 g/mol. The van der Waals surface area contributed by atoms with Gasteiger partial charge in [0.2, 0.25) is 0 Å². The van der Waals surface area contributed by atoms with Gasteiger partial charge in [0.25, 0.3) is 0 Å². The molecule has 0 amide bonds. The van der Waals surface area contributed by atoms with Crippen LogP contribution in [-0.2, 0) is 6.54 Å². The molecule has 0 aliphatic rings. The molecule has 0 bridgehead atoms. The van der Waals surface area contributed by atoms with E-state index in [4.69, 9.17) is 9.47 Å². The van der Waals surface area contributed by atoms with Crippen molar-refractivity contribution in [2.75, 3.05) is 27.3 Å². The maximum atomic E-state index is 13.4. The molecule has 2 aromatic rings. The lowest BCUT2D eigenvalue weighted by atomic mass is 10.1. The minimum Gasteiger partial charge on any atom is -0.497 e. The van der Waals surface area contributed by atoms with Gasteiger partial charge in [0.1, 0.15) is 17.3 Å². The van der Waals surface area contributed by atoms with E-state index in [1.165, 1.54) is 6.07 Å². The molecule has 0 heterocycles. The van der Waals surface area contributed by atoms with Gasteiger partial charge in [-0.25, -0.2) is 9.38 Å². The summed E-state index contributed by atoms with van der Waals surface area (Å²) in [6.07, 6.45) is -0.818. The molecule has 0 aliphatic carbocycles. The molecule has 0 radical (unpaired) electrons. The smallest absolute Gasteiger partial charge is 0.191 e. The summed E-state index contributed by atoms with van der Waals surface area (Å²) in [5, 5.41) is 16.9. The lowest BCUT2D eigenvalue weighted by Crippen LogP contribution is -2.39. The highest BCUT2D eigenvalue weighted by Crippen LogP contribution is 2.29. The van der Waals surface area contributed by atoms with Crippen molar-refractivity contribution in [3.63, 3.8) is 0 Å². The molecule has 6 nitrogen and oxygen atoms in total. The van der Waals surface area contributed by atoms with Gasteiger partial charge in [0.15, 0.2) is 5.96 Å². The summed E-state index contributed by atoms with van der Waals surface area (Å²) in [5.41, 5.74) is 2.12. The predicted octanol–water partition coefficient (Wildman–Crippen LogP) is 3.56. The largest absolute Gasteiger partial charge is 0.497 e. The van der Waals surface area contributed by atoms with Crippen LogP contribution in [0.2, 0.25) is 0 Å². The maximum absolute atomic E-state index is 13.4. The average molecular weight is 517 g/mol. The van der Waals surface area contributed by atoms with Crippen LogP contribution in [0.4, 0.5) is 4.39 Å². The Morgan fingerprint density at radius 1 is 1.14 bits per heavy atom. The number of hydrogen-bond donors (Lipinski definition) is 3. The third kappa shape index (κ3) is 7.36. The van der Waals surface area contributed by atoms with Gasteiger partial charge in [-0.2, -0.15) is 0 Å². The van der Waals surface area contributed by atoms with Crippen molar-refractivity contribution in [3.8, 4) is 11.5 Å². The molecule has 29 heavy (non-hydrogen) atoms. The number of guanidine groups is 1. The van der Waals surface area contributed by atoms with E-state index in [9.17, 15) is 9.50 Å². The van der Waals surface area contributed by atoms with Crippen molar-refractivity contribution in [1.82, 2.24) is 10.6 Å². The molecule has 0 saturated carbocycles. The minimum absolute atomic E-state index is 0.